The number of halogens is 3. The van der Waals surface area contributed by atoms with Crippen molar-refractivity contribution in [2.45, 2.75) is 25.1 Å². The molecular weight excluding hydrogens is 245 g/mol. The van der Waals surface area contributed by atoms with Crippen molar-refractivity contribution in [3.8, 4) is 0 Å². The Balaban J connectivity index is 2.24. The average Bonchev–Trinajstić information content (AvgIpc) is 2.38. The highest BCUT2D eigenvalue weighted by Gasteiger charge is 2.47. The van der Waals surface area contributed by atoms with Crippen LogP contribution in [-0.4, -0.2) is 18.6 Å². The number of ether oxygens (including phenoxy) is 1. The van der Waals surface area contributed by atoms with Crippen LogP contribution in [0.4, 0.5) is 13.2 Å². The van der Waals surface area contributed by atoms with Crippen molar-refractivity contribution in [3.05, 3.63) is 35.9 Å². The molecule has 5 heteroatoms. The van der Waals surface area contributed by atoms with Crippen LogP contribution >= 0.6 is 0 Å². The summed E-state index contributed by atoms with van der Waals surface area (Å²) in [6, 6.07) is 8.59. The Hall–Kier alpha value is -1.36. The van der Waals surface area contributed by atoms with Crippen LogP contribution in [0.3, 0.4) is 0 Å². The number of carbonyl (C=O) groups is 1. The maximum atomic E-state index is 12.5. The lowest BCUT2D eigenvalue weighted by Crippen LogP contribution is -2.37. The molecule has 0 bridgehead atoms. The third kappa shape index (κ3) is 2.72. The molecule has 0 amide bonds. The number of ketones is 1. The lowest BCUT2D eigenvalue weighted by atomic mass is 9.86. The van der Waals surface area contributed by atoms with E-state index in [1.54, 1.807) is 30.3 Å². The van der Waals surface area contributed by atoms with Crippen molar-refractivity contribution in [2.24, 2.45) is 5.92 Å². The van der Waals surface area contributed by atoms with Gasteiger partial charge in [-0.05, 0) is 18.4 Å². The van der Waals surface area contributed by atoms with Gasteiger partial charge in [-0.15, -0.1) is 0 Å². The second kappa shape index (κ2) is 5.10. The molecule has 1 aromatic rings. The van der Waals surface area contributed by atoms with Gasteiger partial charge in [-0.25, -0.2) is 0 Å². The first-order valence-electron chi connectivity index (χ1n) is 5.78. The SMILES string of the molecule is O=C([C@@H]1CCCO[C@@H]1c1ccccc1)C(F)(F)F. The molecule has 0 saturated carbocycles. The van der Waals surface area contributed by atoms with Crippen molar-refractivity contribution < 1.29 is 22.7 Å². The number of Topliss-reactive ketones (excluding diaryl/α,β-unsaturated/α-hetero) is 1. The van der Waals surface area contributed by atoms with E-state index in [4.69, 9.17) is 4.74 Å². The summed E-state index contributed by atoms with van der Waals surface area (Å²) in [6.07, 6.45) is -4.87. The molecule has 2 nitrogen and oxygen atoms in total. The second-order valence-electron chi connectivity index (χ2n) is 4.31. The molecule has 1 fully saturated rings. The average molecular weight is 258 g/mol. The predicted octanol–water partition coefficient (Wildman–Crippen LogP) is 3.29. The van der Waals surface area contributed by atoms with Gasteiger partial charge >= 0.3 is 6.18 Å². The molecule has 18 heavy (non-hydrogen) atoms. The molecule has 0 aromatic heterocycles. The maximum Gasteiger partial charge on any atom is 0.450 e. The van der Waals surface area contributed by atoms with Gasteiger partial charge in [0.25, 0.3) is 0 Å². The summed E-state index contributed by atoms with van der Waals surface area (Å²) < 4.78 is 42.9. The molecular formula is C13H13F3O2. The van der Waals surface area contributed by atoms with Gasteiger partial charge in [0.15, 0.2) is 0 Å². The fourth-order valence-corrected chi connectivity index (χ4v) is 2.23. The van der Waals surface area contributed by atoms with E-state index >= 15 is 0 Å². The molecule has 0 aliphatic carbocycles. The van der Waals surface area contributed by atoms with Crippen LogP contribution in [0, 0.1) is 5.92 Å². The third-order valence-electron chi connectivity index (χ3n) is 3.07. The van der Waals surface area contributed by atoms with Crippen LogP contribution in [0.5, 0.6) is 0 Å². The summed E-state index contributed by atoms with van der Waals surface area (Å²) in [5, 5.41) is 0. The molecule has 1 aliphatic heterocycles. The zero-order valence-corrected chi connectivity index (χ0v) is 9.61. The third-order valence-corrected chi connectivity index (χ3v) is 3.07. The van der Waals surface area contributed by atoms with E-state index in [0.29, 0.717) is 18.6 Å². The number of hydrogen-bond donors (Lipinski definition) is 0. The van der Waals surface area contributed by atoms with E-state index in [-0.39, 0.29) is 6.42 Å². The largest absolute Gasteiger partial charge is 0.450 e. The highest BCUT2D eigenvalue weighted by Crippen LogP contribution is 2.37. The number of hydrogen-bond acceptors (Lipinski definition) is 2. The first kappa shape index (κ1) is 13.1. The zero-order valence-electron chi connectivity index (χ0n) is 9.61. The quantitative estimate of drug-likeness (QED) is 0.813. The van der Waals surface area contributed by atoms with Gasteiger partial charge in [-0.1, -0.05) is 30.3 Å². The van der Waals surface area contributed by atoms with E-state index in [1.165, 1.54) is 0 Å². The molecule has 1 aliphatic rings. The molecule has 1 heterocycles. The van der Waals surface area contributed by atoms with Gasteiger partial charge in [0.05, 0.1) is 12.0 Å². The molecule has 2 atom stereocenters. The molecule has 0 radical (unpaired) electrons. The lowest BCUT2D eigenvalue weighted by molar-refractivity contribution is -0.183. The standard InChI is InChI=1S/C13H13F3O2/c14-13(15,16)12(17)10-7-4-8-18-11(10)9-5-2-1-3-6-9/h1-3,5-6,10-11H,4,7-8H2/t10-,11-/m1/s1. The van der Waals surface area contributed by atoms with Crippen molar-refractivity contribution in [2.75, 3.05) is 6.61 Å². The Morgan fingerprint density at radius 2 is 1.89 bits per heavy atom. The predicted molar refractivity (Wildman–Crippen MR) is 58.9 cm³/mol. The van der Waals surface area contributed by atoms with Gasteiger partial charge in [-0.3, -0.25) is 4.79 Å². The van der Waals surface area contributed by atoms with Gasteiger partial charge < -0.3 is 4.74 Å². The molecule has 0 spiro atoms. The molecule has 1 aromatic carbocycles. The number of benzene rings is 1. The summed E-state index contributed by atoms with van der Waals surface area (Å²) in [5.74, 6) is -2.81. The van der Waals surface area contributed by atoms with E-state index in [0.717, 1.165) is 0 Å². The molecule has 2 rings (SSSR count). The Labute approximate surface area is 103 Å². The Morgan fingerprint density at radius 1 is 1.22 bits per heavy atom. The molecule has 1 saturated heterocycles. The van der Waals surface area contributed by atoms with Crippen LogP contribution in [-0.2, 0) is 9.53 Å². The minimum atomic E-state index is -4.79. The summed E-state index contributed by atoms with van der Waals surface area (Å²) in [6.45, 7) is 0.390. The van der Waals surface area contributed by atoms with E-state index in [9.17, 15) is 18.0 Å². The van der Waals surface area contributed by atoms with Gasteiger partial charge in [0.1, 0.15) is 0 Å². The van der Waals surface area contributed by atoms with Crippen LogP contribution < -0.4 is 0 Å². The van der Waals surface area contributed by atoms with Gasteiger partial charge in [0.2, 0.25) is 5.78 Å². The Kier molecular flexibility index (Phi) is 3.71. The minimum absolute atomic E-state index is 0.220. The highest BCUT2D eigenvalue weighted by molar-refractivity contribution is 5.87. The maximum absolute atomic E-state index is 12.5. The summed E-state index contributed by atoms with van der Waals surface area (Å²) in [4.78, 5) is 11.4. The number of carbonyl (C=O) groups excluding carboxylic acids is 1. The molecule has 98 valence electrons. The Bertz CT molecular complexity index is 414. The van der Waals surface area contributed by atoms with Crippen LogP contribution in [0.1, 0.15) is 24.5 Å². The van der Waals surface area contributed by atoms with E-state index in [2.05, 4.69) is 0 Å². The number of rotatable bonds is 2. The normalized spacial score (nSPS) is 24.8. The van der Waals surface area contributed by atoms with Crippen molar-refractivity contribution in [1.29, 1.82) is 0 Å². The second-order valence-corrected chi connectivity index (χ2v) is 4.31. The smallest absolute Gasteiger partial charge is 0.373 e. The fraction of sp³-hybridized carbons (Fsp3) is 0.462. The summed E-state index contributed by atoms with van der Waals surface area (Å²) >= 11 is 0. The lowest BCUT2D eigenvalue weighted by Gasteiger charge is -2.31. The van der Waals surface area contributed by atoms with E-state index in [1.807, 2.05) is 0 Å². The van der Waals surface area contributed by atoms with Crippen molar-refractivity contribution >= 4 is 5.78 Å². The monoisotopic (exact) mass is 258 g/mol. The van der Waals surface area contributed by atoms with E-state index < -0.39 is 24.0 Å². The van der Waals surface area contributed by atoms with Gasteiger partial charge in [-0.2, -0.15) is 13.2 Å². The summed E-state index contributed by atoms with van der Waals surface area (Å²) in [5.41, 5.74) is 0.625. The molecule has 0 unspecified atom stereocenters. The Morgan fingerprint density at radius 3 is 2.50 bits per heavy atom. The van der Waals surface area contributed by atoms with Gasteiger partial charge in [0, 0.05) is 6.61 Å². The molecule has 0 N–H and O–H groups in total. The minimum Gasteiger partial charge on any atom is -0.373 e. The zero-order chi connectivity index (χ0) is 13.2. The highest BCUT2D eigenvalue weighted by atomic mass is 19.4. The van der Waals surface area contributed by atoms with Crippen molar-refractivity contribution in [1.82, 2.24) is 0 Å². The first-order valence-corrected chi connectivity index (χ1v) is 5.78. The van der Waals surface area contributed by atoms with Crippen LogP contribution in [0.15, 0.2) is 30.3 Å². The summed E-state index contributed by atoms with van der Waals surface area (Å²) in [7, 11) is 0. The topological polar surface area (TPSA) is 26.3 Å². The van der Waals surface area contributed by atoms with Crippen LogP contribution in [0.25, 0.3) is 0 Å². The number of alkyl halides is 3. The van der Waals surface area contributed by atoms with Crippen LogP contribution in [0.2, 0.25) is 0 Å². The van der Waals surface area contributed by atoms with Crippen molar-refractivity contribution in [3.63, 3.8) is 0 Å². The first-order chi connectivity index (χ1) is 8.50. The fourth-order valence-electron chi connectivity index (χ4n) is 2.23.